The van der Waals surface area contributed by atoms with E-state index in [4.69, 9.17) is 0 Å². The van der Waals surface area contributed by atoms with Gasteiger partial charge in [-0.2, -0.15) is 0 Å². The van der Waals surface area contributed by atoms with E-state index >= 15 is 0 Å². The second-order valence-corrected chi connectivity index (χ2v) is 7.38. The molecule has 0 aliphatic heterocycles. The van der Waals surface area contributed by atoms with Gasteiger partial charge in [0.15, 0.2) is 11.6 Å². The first-order valence-corrected chi connectivity index (χ1v) is 9.64. The minimum atomic E-state index is -0.998. The first-order valence-electron chi connectivity index (χ1n) is 7.78. The van der Waals surface area contributed by atoms with E-state index in [0.29, 0.717) is 17.5 Å². The molecule has 3 aromatic rings. The van der Waals surface area contributed by atoms with E-state index in [1.54, 1.807) is 16.0 Å². The van der Waals surface area contributed by atoms with Gasteiger partial charge in [0.1, 0.15) is 0 Å². The summed E-state index contributed by atoms with van der Waals surface area (Å²) in [6.45, 7) is 0.664. The summed E-state index contributed by atoms with van der Waals surface area (Å²) in [5, 5.41) is 16.8. The molecule has 0 bridgehead atoms. The summed E-state index contributed by atoms with van der Waals surface area (Å²) in [7, 11) is 0. The standard InChI is InChI=1S/C16H15F2N5OS2/c17-13-4-3-11(10-14(13)18)19-15(24)6-9-26-16-20-21-22-23(16)7-5-12-2-1-8-25-12/h1-4,8,10H,5-7,9H2,(H,19,24). The summed E-state index contributed by atoms with van der Waals surface area (Å²) in [4.78, 5) is 13.2. The number of anilines is 1. The Morgan fingerprint density at radius 1 is 1.27 bits per heavy atom. The van der Waals surface area contributed by atoms with Crippen molar-refractivity contribution in [2.75, 3.05) is 11.1 Å². The van der Waals surface area contributed by atoms with Gasteiger partial charge in [-0.1, -0.05) is 17.8 Å². The molecule has 0 saturated heterocycles. The molecule has 0 saturated carbocycles. The summed E-state index contributed by atoms with van der Waals surface area (Å²) in [5.74, 6) is -1.77. The molecule has 0 aliphatic rings. The molecule has 0 radical (unpaired) electrons. The van der Waals surface area contributed by atoms with Crippen LogP contribution in [-0.4, -0.2) is 31.9 Å². The number of rotatable bonds is 8. The molecular weight excluding hydrogens is 380 g/mol. The van der Waals surface area contributed by atoms with E-state index in [1.807, 2.05) is 11.4 Å². The first-order chi connectivity index (χ1) is 12.6. The summed E-state index contributed by atoms with van der Waals surface area (Å²) in [6.07, 6.45) is 1.04. The first kappa shape index (κ1) is 18.5. The average molecular weight is 395 g/mol. The minimum Gasteiger partial charge on any atom is -0.326 e. The molecule has 1 amide bonds. The fraction of sp³-hybridized carbons (Fsp3) is 0.250. The molecule has 0 atom stereocenters. The summed E-state index contributed by atoms with van der Waals surface area (Å²) in [5.41, 5.74) is 0.222. The predicted octanol–water partition coefficient (Wildman–Crippen LogP) is 3.38. The van der Waals surface area contributed by atoms with Crippen LogP contribution >= 0.6 is 23.1 Å². The number of nitrogens with zero attached hydrogens (tertiary/aromatic N) is 4. The Morgan fingerprint density at radius 2 is 2.15 bits per heavy atom. The van der Waals surface area contributed by atoms with Crippen molar-refractivity contribution in [2.45, 2.75) is 24.5 Å². The second-order valence-electron chi connectivity index (χ2n) is 5.29. The molecule has 1 N–H and O–H groups in total. The highest BCUT2D eigenvalue weighted by Gasteiger charge is 2.10. The number of hydrogen-bond acceptors (Lipinski definition) is 6. The number of amides is 1. The number of thioether (sulfide) groups is 1. The number of aryl methyl sites for hydroxylation is 2. The second kappa shape index (κ2) is 8.86. The molecule has 3 rings (SSSR count). The largest absolute Gasteiger partial charge is 0.326 e. The number of nitrogens with one attached hydrogen (secondary N) is 1. The minimum absolute atomic E-state index is 0.196. The van der Waals surface area contributed by atoms with Gasteiger partial charge < -0.3 is 5.32 Å². The molecule has 6 nitrogen and oxygen atoms in total. The fourth-order valence-corrected chi connectivity index (χ4v) is 3.68. The lowest BCUT2D eigenvalue weighted by Gasteiger charge is -2.06. The van der Waals surface area contributed by atoms with E-state index in [0.717, 1.165) is 18.6 Å². The fourth-order valence-electron chi connectivity index (χ4n) is 2.14. The molecule has 0 aliphatic carbocycles. The molecular formula is C16H15F2N5OS2. The van der Waals surface area contributed by atoms with Crippen LogP contribution in [-0.2, 0) is 17.8 Å². The molecule has 0 fully saturated rings. The van der Waals surface area contributed by atoms with Crippen LogP contribution in [0.2, 0.25) is 0 Å². The van der Waals surface area contributed by atoms with Gasteiger partial charge in [0.2, 0.25) is 11.1 Å². The molecule has 2 aromatic heterocycles. The monoisotopic (exact) mass is 395 g/mol. The van der Waals surface area contributed by atoms with Gasteiger partial charge >= 0.3 is 0 Å². The Bertz CT molecular complexity index is 869. The number of aromatic nitrogens is 4. The summed E-state index contributed by atoms with van der Waals surface area (Å²) in [6, 6.07) is 7.30. The number of benzene rings is 1. The lowest BCUT2D eigenvalue weighted by Crippen LogP contribution is -2.13. The van der Waals surface area contributed by atoms with Gasteiger partial charge in [-0.15, -0.1) is 16.4 Å². The van der Waals surface area contributed by atoms with Crippen LogP contribution in [0.5, 0.6) is 0 Å². The van der Waals surface area contributed by atoms with Gasteiger partial charge in [-0.25, -0.2) is 13.5 Å². The van der Waals surface area contributed by atoms with Gasteiger partial charge in [-0.3, -0.25) is 4.79 Å². The maximum atomic E-state index is 13.1. The molecule has 1 aromatic carbocycles. The average Bonchev–Trinajstić information content (AvgIpc) is 3.28. The smallest absolute Gasteiger partial charge is 0.225 e. The van der Waals surface area contributed by atoms with Gasteiger partial charge in [0.25, 0.3) is 0 Å². The number of halogens is 2. The SMILES string of the molecule is O=C(CCSc1nnnn1CCc1cccs1)Nc1ccc(F)c(F)c1. The Hall–Kier alpha value is -2.33. The van der Waals surface area contributed by atoms with E-state index in [1.165, 1.54) is 22.7 Å². The van der Waals surface area contributed by atoms with Gasteiger partial charge in [0, 0.05) is 35.2 Å². The Kier molecular flexibility index (Phi) is 6.29. The zero-order chi connectivity index (χ0) is 18.4. The van der Waals surface area contributed by atoms with Crippen molar-refractivity contribution in [1.29, 1.82) is 0 Å². The van der Waals surface area contributed by atoms with Crippen LogP contribution in [0.4, 0.5) is 14.5 Å². The van der Waals surface area contributed by atoms with Crippen LogP contribution in [0.15, 0.2) is 40.9 Å². The molecule has 0 spiro atoms. The normalized spacial score (nSPS) is 10.8. The zero-order valence-electron chi connectivity index (χ0n) is 13.6. The number of thiophene rings is 1. The molecule has 10 heteroatoms. The van der Waals surface area contributed by atoms with Crippen molar-refractivity contribution in [3.05, 3.63) is 52.2 Å². The molecule has 26 heavy (non-hydrogen) atoms. The van der Waals surface area contributed by atoms with Crippen LogP contribution in [0, 0.1) is 11.6 Å². The van der Waals surface area contributed by atoms with E-state index in [9.17, 15) is 13.6 Å². The van der Waals surface area contributed by atoms with Crippen molar-refractivity contribution in [1.82, 2.24) is 20.2 Å². The van der Waals surface area contributed by atoms with Crippen molar-refractivity contribution in [3.63, 3.8) is 0 Å². The third-order valence-corrected chi connectivity index (χ3v) is 5.31. The molecule has 0 unspecified atom stereocenters. The molecule has 136 valence electrons. The van der Waals surface area contributed by atoms with Gasteiger partial charge in [0.05, 0.1) is 6.54 Å². The third-order valence-electron chi connectivity index (χ3n) is 3.41. The predicted molar refractivity (Wildman–Crippen MR) is 96.2 cm³/mol. The van der Waals surface area contributed by atoms with E-state index in [2.05, 4.69) is 26.9 Å². The van der Waals surface area contributed by atoms with Crippen molar-refractivity contribution in [2.24, 2.45) is 0 Å². The number of hydrogen-bond donors (Lipinski definition) is 1. The van der Waals surface area contributed by atoms with Crippen molar-refractivity contribution in [3.8, 4) is 0 Å². The lowest BCUT2D eigenvalue weighted by molar-refractivity contribution is -0.115. The zero-order valence-corrected chi connectivity index (χ0v) is 15.2. The van der Waals surface area contributed by atoms with Crippen LogP contribution in [0.1, 0.15) is 11.3 Å². The van der Waals surface area contributed by atoms with Crippen LogP contribution in [0.25, 0.3) is 0 Å². The highest BCUT2D eigenvalue weighted by atomic mass is 32.2. The van der Waals surface area contributed by atoms with Gasteiger partial charge in [-0.05, 0) is 34.0 Å². The van der Waals surface area contributed by atoms with Crippen LogP contribution < -0.4 is 5.32 Å². The third kappa shape index (κ3) is 5.09. The number of carbonyl (C=O) groups excluding carboxylic acids is 1. The van der Waals surface area contributed by atoms with Crippen molar-refractivity contribution >= 4 is 34.7 Å². The molecule has 2 heterocycles. The van der Waals surface area contributed by atoms with E-state index < -0.39 is 11.6 Å². The summed E-state index contributed by atoms with van der Waals surface area (Å²) >= 11 is 3.05. The van der Waals surface area contributed by atoms with Crippen molar-refractivity contribution < 1.29 is 13.6 Å². The maximum absolute atomic E-state index is 13.1. The van der Waals surface area contributed by atoms with Crippen LogP contribution in [0.3, 0.4) is 0 Å². The highest BCUT2D eigenvalue weighted by molar-refractivity contribution is 7.99. The maximum Gasteiger partial charge on any atom is 0.225 e. The Balaban J connectivity index is 1.45. The number of carbonyl (C=O) groups is 1. The number of tetrazole rings is 1. The van der Waals surface area contributed by atoms with E-state index in [-0.39, 0.29) is 18.0 Å². The topological polar surface area (TPSA) is 72.7 Å². The lowest BCUT2D eigenvalue weighted by atomic mass is 10.3. The summed E-state index contributed by atoms with van der Waals surface area (Å²) < 4.78 is 27.7. The quantitative estimate of drug-likeness (QED) is 0.592. The Morgan fingerprint density at radius 3 is 2.92 bits per heavy atom. The Labute approximate surface area is 156 Å². The highest BCUT2D eigenvalue weighted by Crippen LogP contribution is 2.18.